The number of carboxylic acid groups (broad SMARTS) is 1. The molecule has 2 aromatic rings. The van der Waals surface area contributed by atoms with Crippen LogP contribution in [0.4, 0.5) is 0 Å². The van der Waals surface area contributed by atoms with Gasteiger partial charge in [-0.15, -0.1) is 0 Å². The number of hydrogen-bond donors (Lipinski definition) is 1. The van der Waals surface area contributed by atoms with Crippen molar-refractivity contribution in [2.24, 2.45) is 5.92 Å². The molecule has 0 radical (unpaired) electrons. The topological polar surface area (TPSA) is 68.0 Å². The standard InChI is InChI=1S/C16H23N3O2/c1-5-6-7-19-15-14(9-17-19)11(3)13(12(4)18-15)8-10(2)16(20)21/h9-10H,5-8H2,1-4H3,(H,20,21). The third-order valence-electron chi connectivity index (χ3n) is 4.03. The number of aromatic nitrogens is 3. The number of fused-ring (bicyclic) bond motifs is 1. The van der Waals surface area contributed by atoms with E-state index in [2.05, 4.69) is 17.0 Å². The van der Waals surface area contributed by atoms with Gasteiger partial charge in [-0.2, -0.15) is 5.10 Å². The van der Waals surface area contributed by atoms with Gasteiger partial charge in [0.2, 0.25) is 0 Å². The predicted molar refractivity (Wildman–Crippen MR) is 82.4 cm³/mol. The molecule has 1 N–H and O–H groups in total. The van der Waals surface area contributed by atoms with Crippen LogP contribution in [0.1, 0.15) is 43.5 Å². The Hall–Kier alpha value is -1.91. The Bertz CT molecular complexity index is 661. The maximum Gasteiger partial charge on any atom is 0.306 e. The molecule has 114 valence electrons. The van der Waals surface area contributed by atoms with Crippen molar-refractivity contribution in [2.75, 3.05) is 0 Å². The molecule has 0 amide bonds. The van der Waals surface area contributed by atoms with E-state index in [1.54, 1.807) is 6.92 Å². The first kappa shape index (κ1) is 15.5. The highest BCUT2D eigenvalue weighted by molar-refractivity contribution is 5.80. The van der Waals surface area contributed by atoms with Crippen LogP contribution in [0.3, 0.4) is 0 Å². The van der Waals surface area contributed by atoms with E-state index < -0.39 is 11.9 Å². The van der Waals surface area contributed by atoms with Crippen LogP contribution in [0.5, 0.6) is 0 Å². The monoisotopic (exact) mass is 289 g/mol. The summed E-state index contributed by atoms with van der Waals surface area (Å²) in [4.78, 5) is 15.7. The zero-order chi connectivity index (χ0) is 15.6. The lowest BCUT2D eigenvalue weighted by Crippen LogP contribution is -2.14. The van der Waals surface area contributed by atoms with E-state index >= 15 is 0 Å². The third-order valence-corrected chi connectivity index (χ3v) is 4.03. The number of aryl methyl sites for hydroxylation is 3. The number of pyridine rings is 1. The normalized spacial score (nSPS) is 12.8. The van der Waals surface area contributed by atoms with Crippen molar-refractivity contribution in [2.45, 2.75) is 53.5 Å². The van der Waals surface area contributed by atoms with Crippen molar-refractivity contribution >= 4 is 17.0 Å². The van der Waals surface area contributed by atoms with E-state index in [4.69, 9.17) is 5.11 Å². The summed E-state index contributed by atoms with van der Waals surface area (Å²) < 4.78 is 1.95. The minimum atomic E-state index is -0.771. The Balaban J connectivity index is 2.43. The summed E-state index contributed by atoms with van der Waals surface area (Å²) in [6.45, 7) is 8.74. The second-order valence-corrected chi connectivity index (χ2v) is 5.70. The minimum absolute atomic E-state index is 0.406. The maximum absolute atomic E-state index is 11.1. The highest BCUT2D eigenvalue weighted by Gasteiger charge is 2.18. The van der Waals surface area contributed by atoms with Gasteiger partial charge in [-0.1, -0.05) is 20.3 Å². The molecular weight excluding hydrogens is 266 g/mol. The van der Waals surface area contributed by atoms with Gasteiger partial charge in [0.15, 0.2) is 5.65 Å². The molecule has 2 heterocycles. The van der Waals surface area contributed by atoms with E-state index in [0.717, 1.165) is 47.2 Å². The number of aliphatic carboxylic acids is 1. The van der Waals surface area contributed by atoms with Crippen LogP contribution < -0.4 is 0 Å². The summed E-state index contributed by atoms with van der Waals surface area (Å²) in [6, 6.07) is 0. The van der Waals surface area contributed by atoms with Crippen LogP contribution in [0.2, 0.25) is 0 Å². The first-order valence-electron chi connectivity index (χ1n) is 7.50. The molecule has 0 aromatic carbocycles. The summed E-state index contributed by atoms with van der Waals surface area (Å²) >= 11 is 0. The van der Waals surface area contributed by atoms with Gasteiger partial charge >= 0.3 is 5.97 Å². The maximum atomic E-state index is 11.1. The van der Waals surface area contributed by atoms with Gasteiger partial charge < -0.3 is 5.11 Å². The van der Waals surface area contributed by atoms with Crippen molar-refractivity contribution in [3.05, 3.63) is 23.0 Å². The first-order valence-corrected chi connectivity index (χ1v) is 7.50. The van der Waals surface area contributed by atoms with E-state index in [1.165, 1.54) is 0 Å². The van der Waals surface area contributed by atoms with E-state index in [0.29, 0.717) is 6.42 Å². The quantitative estimate of drug-likeness (QED) is 0.887. The van der Waals surface area contributed by atoms with Gasteiger partial charge in [-0.05, 0) is 37.8 Å². The molecule has 2 rings (SSSR count). The molecule has 0 bridgehead atoms. The number of unbranched alkanes of at least 4 members (excludes halogenated alkanes) is 1. The molecule has 5 nitrogen and oxygen atoms in total. The zero-order valence-corrected chi connectivity index (χ0v) is 13.2. The number of nitrogens with zero attached hydrogens (tertiary/aromatic N) is 3. The summed E-state index contributed by atoms with van der Waals surface area (Å²) in [5.41, 5.74) is 3.96. The van der Waals surface area contributed by atoms with Crippen molar-refractivity contribution in [3.8, 4) is 0 Å². The smallest absolute Gasteiger partial charge is 0.306 e. The van der Waals surface area contributed by atoms with Crippen LogP contribution >= 0.6 is 0 Å². The van der Waals surface area contributed by atoms with Gasteiger partial charge in [0, 0.05) is 17.6 Å². The molecule has 1 unspecified atom stereocenters. The van der Waals surface area contributed by atoms with Gasteiger partial charge in [-0.3, -0.25) is 4.79 Å². The van der Waals surface area contributed by atoms with Crippen molar-refractivity contribution < 1.29 is 9.90 Å². The molecule has 0 aliphatic carbocycles. The fourth-order valence-corrected chi connectivity index (χ4v) is 2.59. The van der Waals surface area contributed by atoms with Gasteiger partial charge in [0.25, 0.3) is 0 Å². The molecule has 0 spiro atoms. The largest absolute Gasteiger partial charge is 0.481 e. The summed E-state index contributed by atoms with van der Waals surface area (Å²) in [5, 5.41) is 14.6. The lowest BCUT2D eigenvalue weighted by Gasteiger charge is -2.13. The summed E-state index contributed by atoms with van der Waals surface area (Å²) in [6.07, 6.45) is 4.56. The van der Waals surface area contributed by atoms with Crippen LogP contribution in [0.25, 0.3) is 11.0 Å². The lowest BCUT2D eigenvalue weighted by atomic mass is 9.95. The Morgan fingerprint density at radius 3 is 2.76 bits per heavy atom. The minimum Gasteiger partial charge on any atom is -0.481 e. The van der Waals surface area contributed by atoms with Crippen LogP contribution in [-0.4, -0.2) is 25.8 Å². The fraction of sp³-hybridized carbons (Fsp3) is 0.562. The third kappa shape index (κ3) is 3.06. The summed E-state index contributed by atoms with van der Waals surface area (Å²) in [5.74, 6) is -1.18. The van der Waals surface area contributed by atoms with Gasteiger partial charge in [0.05, 0.1) is 12.1 Å². The molecule has 0 aliphatic heterocycles. The number of carbonyl (C=O) groups is 1. The molecule has 1 atom stereocenters. The lowest BCUT2D eigenvalue weighted by molar-refractivity contribution is -0.141. The molecule has 2 aromatic heterocycles. The number of rotatable bonds is 6. The predicted octanol–water partition coefficient (Wildman–Crippen LogP) is 3.11. The van der Waals surface area contributed by atoms with Gasteiger partial charge in [0.1, 0.15) is 0 Å². The Morgan fingerprint density at radius 2 is 2.14 bits per heavy atom. The fourth-order valence-electron chi connectivity index (χ4n) is 2.59. The Morgan fingerprint density at radius 1 is 1.43 bits per heavy atom. The molecule has 5 heteroatoms. The number of hydrogen-bond acceptors (Lipinski definition) is 3. The SMILES string of the molecule is CCCCn1ncc2c(C)c(CC(C)C(=O)O)c(C)nc21. The Labute approximate surface area is 125 Å². The average molecular weight is 289 g/mol. The van der Waals surface area contributed by atoms with E-state index in [-0.39, 0.29) is 0 Å². The second-order valence-electron chi connectivity index (χ2n) is 5.70. The van der Waals surface area contributed by atoms with Crippen LogP contribution in [0.15, 0.2) is 6.20 Å². The number of carboxylic acids is 1. The van der Waals surface area contributed by atoms with Crippen molar-refractivity contribution in [3.63, 3.8) is 0 Å². The highest BCUT2D eigenvalue weighted by atomic mass is 16.4. The first-order chi connectivity index (χ1) is 9.95. The van der Waals surface area contributed by atoms with Crippen molar-refractivity contribution in [1.82, 2.24) is 14.8 Å². The molecule has 0 saturated carbocycles. The van der Waals surface area contributed by atoms with Crippen molar-refractivity contribution in [1.29, 1.82) is 0 Å². The Kier molecular flexibility index (Phi) is 4.60. The molecule has 0 saturated heterocycles. The van der Waals surface area contributed by atoms with E-state index in [9.17, 15) is 4.79 Å². The van der Waals surface area contributed by atoms with Crippen LogP contribution in [-0.2, 0) is 17.8 Å². The van der Waals surface area contributed by atoms with Crippen LogP contribution in [0, 0.1) is 19.8 Å². The van der Waals surface area contributed by atoms with E-state index in [1.807, 2.05) is 24.7 Å². The molecule has 0 aliphatic rings. The highest BCUT2D eigenvalue weighted by Crippen LogP contribution is 2.25. The zero-order valence-electron chi connectivity index (χ0n) is 13.2. The molecule has 0 fully saturated rings. The average Bonchev–Trinajstić information content (AvgIpc) is 2.83. The second kappa shape index (κ2) is 6.24. The summed E-state index contributed by atoms with van der Waals surface area (Å²) in [7, 11) is 0. The van der Waals surface area contributed by atoms with Gasteiger partial charge in [-0.25, -0.2) is 9.67 Å². The molecule has 21 heavy (non-hydrogen) atoms. The molecular formula is C16H23N3O2.